The molecule has 0 aromatic rings. The van der Waals surface area contributed by atoms with Gasteiger partial charge >= 0.3 is 0 Å². The van der Waals surface area contributed by atoms with E-state index in [1.807, 2.05) is 13.8 Å². The molecule has 1 rings (SSSR count). The van der Waals surface area contributed by atoms with Crippen molar-refractivity contribution in [3.63, 3.8) is 0 Å². The summed E-state index contributed by atoms with van der Waals surface area (Å²) in [6.45, 7) is 6.43. The van der Waals surface area contributed by atoms with Gasteiger partial charge in [0.1, 0.15) is 6.04 Å². The van der Waals surface area contributed by atoms with Crippen LogP contribution in [0, 0.1) is 0 Å². The van der Waals surface area contributed by atoms with Crippen LogP contribution in [0.1, 0.15) is 27.2 Å². The molecule has 5 heteroatoms. The zero-order valence-corrected chi connectivity index (χ0v) is 10.4. The molecule has 0 bridgehead atoms. The number of likely N-dealkylation sites (tertiary alicyclic amines) is 1. The highest BCUT2D eigenvalue weighted by Gasteiger charge is 2.36. The molecule has 0 aliphatic carbocycles. The maximum absolute atomic E-state index is 12.0. The summed E-state index contributed by atoms with van der Waals surface area (Å²) in [7, 11) is 1.59. The van der Waals surface area contributed by atoms with Gasteiger partial charge in [-0.1, -0.05) is 13.8 Å². The molecular formula is C11H21N3O2. The molecule has 0 spiro atoms. The second-order valence-corrected chi connectivity index (χ2v) is 4.48. The van der Waals surface area contributed by atoms with Gasteiger partial charge in [0.05, 0.1) is 6.04 Å². The Labute approximate surface area is 96.6 Å². The molecule has 1 heterocycles. The maximum Gasteiger partial charge on any atom is 0.242 e. The lowest BCUT2D eigenvalue weighted by Gasteiger charge is -2.23. The number of rotatable bonds is 4. The van der Waals surface area contributed by atoms with Crippen molar-refractivity contribution in [2.75, 3.05) is 13.6 Å². The van der Waals surface area contributed by atoms with Crippen molar-refractivity contribution >= 4 is 11.8 Å². The Kier molecular flexibility index (Phi) is 4.29. The van der Waals surface area contributed by atoms with Crippen LogP contribution in [0.3, 0.4) is 0 Å². The molecular weight excluding hydrogens is 206 g/mol. The zero-order valence-electron chi connectivity index (χ0n) is 10.4. The van der Waals surface area contributed by atoms with Gasteiger partial charge in [0.2, 0.25) is 11.8 Å². The fourth-order valence-corrected chi connectivity index (χ4v) is 1.99. The van der Waals surface area contributed by atoms with Gasteiger partial charge in [-0.15, -0.1) is 0 Å². The highest BCUT2D eigenvalue weighted by Crippen LogP contribution is 2.15. The van der Waals surface area contributed by atoms with Crippen LogP contribution in [0.25, 0.3) is 0 Å². The van der Waals surface area contributed by atoms with Crippen LogP contribution in [0.5, 0.6) is 0 Å². The number of carbonyl (C=O) groups excluding carboxylic acids is 2. The first-order valence-corrected chi connectivity index (χ1v) is 5.75. The molecule has 1 saturated heterocycles. The third-order valence-electron chi connectivity index (χ3n) is 2.87. The highest BCUT2D eigenvalue weighted by molar-refractivity contribution is 5.90. The number of nitrogens with one attached hydrogen (secondary N) is 2. The zero-order chi connectivity index (χ0) is 12.3. The smallest absolute Gasteiger partial charge is 0.242 e. The summed E-state index contributed by atoms with van der Waals surface area (Å²) in [5.74, 6) is -0.0802. The first-order chi connectivity index (χ1) is 7.47. The maximum atomic E-state index is 12.0. The molecule has 1 fully saturated rings. The van der Waals surface area contributed by atoms with E-state index in [1.165, 1.54) is 0 Å². The van der Waals surface area contributed by atoms with E-state index in [0.717, 1.165) is 6.42 Å². The minimum absolute atomic E-state index is 0.0322. The molecule has 2 amide bonds. The van der Waals surface area contributed by atoms with Gasteiger partial charge in [0.15, 0.2) is 0 Å². The first-order valence-electron chi connectivity index (χ1n) is 5.75. The molecule has 2 unspecified atom stereocenters. The Morgan fingerprint density at radius 1 is 1.44 bits per heavy atom. The molecule has 0 aromatic heterocycles. The lowest BCUT2D eigenvalue weighted by atomic mass is 10.2. The predicted octanol–water partition coefficient (Wildman–Crippen LogP) is -0.280. The van der Waals surface area contributed by atoms with Gasteiger partial charge in [-0.05, 0) is 13.3 Å². The van der Waals surface area contributed by atoms with E-state index < -0.39 is 0 Å². The molecule has 92 valence electrons. The lowest BCUT2D eigenvalue weighted by Crippen LogP contribution is -2.48. The third kappa shape index (κ3) is 2.72. The van der Waals surface area contributed by atoms with Gasteiger partial charge in [-0.3, -0.25) is 9.59 Å². The molecule has 1 aliphatic rings. The molecule has 1 aliphatic heterocycles. The van der Waals surface area contributed by atoms with Crippen molar-refractivity contribution in [1.29, 1.82) is 0 Å². The lowest BCUT2D eigenvalue weighted by molar-refractivity contribution is -0.137. The summed E-state index contributed by atoms with van der Waals surface area (Å²) in [6.07, 6.45) is 0.776. The number of hydrogen-bond donors (Lipinski definition) is 2. The van der Waals surface area contributed by atoms with Crippen molar-refractivity contribution < 1.29 is 9.59 Å². The number of nitrogens with zero attached hydrogens (tertiary/aromatic N) is 1. The van der Waals surface area contributed by atoms with Crippen LogP contribution in [0.2, 0.25) is 0 Å². The molecule has 2 N–H and O–H groups in total. The normalized spacial score (nSPS) is 22.7. The second kappa shape index (κ2) is 5.30. The van der Waals surface area contributed by atoms with Crippen LogP contribution in [0.15, 0.2) is 0 Å². The van der Waals surface area contributed by atoms with E-state index in [-0.39, 0.29) is 29.9 Å². The quantitative estimate of drug-likeness (QED) is 0.694. The van der Waals surface area contributed by atoms with Crippen LogP contribution in [-0.2, 0) is 9.59 Å². The summed E-state index contributed by atoms with van der Waals surface area (Å²) < 4.78 is 0. The van der Waals surface area contributed by atoms with Crippen molar-refractivity contribution in [2.24, 2.45) is 0 Å². The average Bonchev–Trinajstić information content (AvgIpc) is 2.58. The van der Waals surface area contributed by atoms with Gasteiger partial charge in [0, 0.05) is 19.6 Å². The number of amides is 2. The summed E-state index contributed by atoms with van der Waals surface area (Å²) in [5, 5.41) is 5.77. The van der Waals surface area contributed by atoms with E-state index in [0.29, 0.717) is 6.54 Å². The minimum Gasteiger partial charge on any atom is -0.357 e. The molecule has 16 heavy (non-hydrogen) atoms. The molecule has 0 aromatic carbocycles. The van der Waals surface area contributed by atoms with Gasteiger partial charge in [-0.2, -0.15) is 0 Å². The fraction of sp³-hybridized carbons (Fsp3) is 0.818. The van der Waals surface area contributed by atoms with Gasteiger partial charge < -0.3 is 15.5 Å². The topological polar surface area (TPSA) is 61.4 Å². The summed E-state index contributed by atoms with van der Waals surface area (Å²) in [6, 6.07) is -0.229. The monoisotopic (exact) mass is 227 g/mol. The molecule has 2 atom stereocenters. The van der Waals surface area contributed by atoms with Crippen molar-refractivity contribution in [3.8, 4) is 0 Å². The Bertz CT molecular complexity index is 278. The molecule has 5 nitrogen and oxygen atoms in total. The van der Waals surface area contributed by atoms with Gasteiger partial charge in [0.25, 0.3) is 0 Å². The predicted molar refractivity (Wildman–Crippen MR) is 61.9 cm³/mol. The van der Waals surface area contributed by atoms with Crippen molar-refractivity contribution in [2.45, 2.75) is 45.3 Å². The Hall–Kier alpha value is -1.10. The number of carbonyl (C=O) groups is 2. The summed E-state index contributed by atoms with van der Waals surface area (Å²) in [5.41, 5.74) is 0. The highest BCUT2D eigenvalue weighted by atomic mass is 16.2. The van der Waals surface area contributed by atoms with Crippen LogP contribution < -0.4 is 10.6 Å². The Balaban J connectivity index is 2.60. The molecule has 0 saturated carbocycles. The molecule has 0 radical (unpaired) electrons. The summed E-state index contributed by atoms with van der Waals surface area (Å²) in [4.78, 5) is 25.1. The minimum atomic E-state index is -0.378. The van der Waals surface area contributed by atoms with Crippen LogP contribution in [-0.4, -0.2) is 48.4 Å². The number of likely N-dealkylation sites (N-methyl/N-ethyl adjacent to an activating group) is 1. The van der Waals surface area contributed by atoms with Crippen molar-refractivity contribution in [1.82, 2.24) is 15.5 Å². The fourth-order valence-electron chi connectivity index (χ4n) is 1.99. The largest absolute Gasteiger partial charge is 0.357 e. The Morgan fingerprint density at radius 3 is 2.56 bits per heavy atom. The van der Waals surface area contributed by atoms with Crippen molar-refractivity contribution in [3.05, 3.63) is 0 Å². The number of hydrogen-bond acceptors (Lipinski definition) is 3. The van der Waals surface area contributed by atoms with Gasteiger partial charge in [-0.25, -0.2) is 0 Å². The second-order valence-electron chi connectivity index (χ2n) is 4.48. The Morgan fingerprint density at radius 2 is 2.06 bits per heavy atom. The van der Waals surface area contributed by atoms with Crippen LogP contribution in [0.4, 0.5) is 0 Å². The SMILES string of the molecule is CNC(=O)C(C)N1CCC(NC(C)C)C1=O. The average molecular weight is 227 g/mol. The standard InChI is InChI=1S/C11H21N3O2/c1-7(2)13-9-5-6-14(11(9)16)8(3)10(15)12-4/h7-9,13H,5-6H2,1-4H3,(H,12,15). The first kappa shape index (κ1) is 13.0. The van der Waals surface area contributed by atoms with Crippen LogP contribution >= 0.6 is 0 Å². The summed E-state index contributed by atoms with van der Waals surface area (Å²) >= 11 is 0. The van der Waals surface area contributed by atoms with E-state index >= 15 is 0 Å². The van der Waals surface area contributed by atoms with E-state index in [9.17, 15) is 9.59 Å². The van der Waals surface area contributed by atoms with E-state index in [1.54, 1.807) is 18.9 Å². The van der Waals surface area contributed by atoms with E-state index in [4.69, 9.17) is 0 Å². The third-order valence-corrected chi connectivity index (χ3v) is 2.87. The van der Waals surface area contributed by atoms with E-state index in [2.05, 4.69) is 10.6 Å².